The summed E-state index contributed by atoms with van der Waals surface area (Å²) in [6.07, 6.45) is 1.69. The zero-order valence-electron chi connectivity index (χ0n) is 14.5. The van der Waals surface area contributed by atoms with Crippen LogP contribution in [0.3, 0.4) is 0 Å². The molecule has 1 aliphatic rings. The summed E-state index contributed by atoms with van der Waals surface area (Å²) < 4.78 is 5.82. The Labute approximate surface area is 171 Å². The Morgan fingerprint density at radius 3 is 2.32 bits per heavy atom. The highest BCUT2D eigenvalue weighted by Gasteiger charge is 2.36. The fraction of sp³-hybridized carbons (Fsp3) is 0. The van der Waals surface area contributed by atoms with E-state index >= 15 is 0 Å². The topological polar surface area (TPSA) is 46.6 Å². The lowest BCUT2D eigenvalue weighted by Gasteiger charge is -2.12. The maximum absolute atomic E-state index is 12.7. The second-order valence-electron chi connectivity index (χ2n) is 5.98. The van der Waals surface area contributed by atoms with E-state index < -0.39 is 0 Å². The summed E-state index contributed by atoms with van der Waals surface area (Å²) in [6, 6.07) is 23.4. The van der Waals surface area contributed by atoms with Crippen LogP contribution in [-0.4, -0.2) is 11.1 Å². The largest absolute Gasteiger partial charge is 0.457 e. The molecule has 3 aromatic rings. The van der Waals surface area contributed by atoms with Crippen LogP contribution in [0.15, 0.2) is 83.8 Å². The normalized spacial score (nSPS) is 15.3. The Kier molecular flexibility index (Phi) is 5.19. The average molecular weight is 408 g/mol. The molecule has 0 radical (unpaired) electrons. The van der Waals surface area contributed by atoms with Crippen molar-refractivity contribution in [3.8, 4) is 11.5 Å². The van der Waals surface area contributed by atoms with Gasteiger partial charge in [-0.1, -0.05) is 41.9 Å². The molecule has 1 saturated heterocycles. The van der Waals surface area contributed by atoms with Gasteiger partial charge in [0.15, 0.2) is 0 Å². The fourth-order valence-corrected chi connectivity index (χ4v) is 3.69. The van der Waals surface area contributed by atoms with Crippen LogP contribution in [0.1, 0.15) is 5.56 Å². The van der Waals surface area contributed by atoms with Crippen molar-refractivity contribution < 1.29 is 14.3 Å². The van der Waals surface area contributed by atoms with Crippen molar-refractivity contribution in [2.75, 3.05) is 4.90 Å². The van der Waals surface area contributed by atoms with Crippen molar-refractivity contribution in [3.63, 3.8) is 0 Å². The number of anilines is 1. The number of para-hydroxylation sites is 1. The van der Waals surface area contributed by atoms with Gasteiger partial charge in [-0.15, -0.1) is 0 Å². The first kappa shape index (κ1) is 18.3. The molecule has 138 valence electrons. The van der Waals surface area contributed by atoms with Crippen molar-refractivity contribution in [3.05, 3.63) is 94.4 Å². The molecule has 3 aromatic carbocycles. The minimum Gasteiger partial charge on any atom is -0.457 e. The summed E-state index contributed by atoms with van der Waals surface area (Å²) in [5.41, 5.74) is 1.27. The number of halogens is 1. The van der Waals surface area contributed by atoms with Gasteiger partial charge < -0.3 is 4.74 Å². The van der Waals surface area contributed by atoms with E-state index in [2.05, 4.69) is 0 Å². The Morgan fingerprint density at radius 1 is 0.857 bits per heavy atom. The minimum atomic E-state index is -0.355. The number of thioether (sulfide) groups is 1. The minimum absolute atomic E-state index is 0.338. The number of carbonyl (C=O) groups is 2. The van der Waals surface area contributed by atoms with E-state index in [1.165, 1.54) is 0 Å². The van der Waals surface area contributed by atoms with Gasteiger partial charge in [-0.3, -0.25) is 9.59 Å². The number of carbonyl (C=O) groups excluding carboxylic acids is 2. The van der Waals surface area contributed by atoms with E-state index in [1.807, 2.05) is 54.6 Å². The molecule has 0 aromatic heterocycles. The zero-order valence-corrected chi connectivity index (χ0v) is 16.1. The van der Waals surface area contributed by atoms with Crippen LogP contribution in [0.2, 0.25) is 5.02 Å². The molecule has 28 heavy (non-hydrogen) atoms. The first-order valence-corrected chi connectivity index (χ1v) is 9.66. The van der Waals surface area contributed by atoms with Gasteiger partial charge in [0, 0.05) is 5.02 Å². The number of hydrogen-bond donors (Lipinski definition) is 0. The number of rotatable bonds is 4. The van der Waals surface area contributed by atoms with Gasteiger partial charge in [0.25, 0.3) is 11.1 Å². The summed E-state index contributed by atoms with van der Waals surface area (Å²) in [7, 11) is 0. The average Bonchev–Trinajstić information content (AvgIpc) is 2.97. The maximum atomic E-state index is 12.7. The molecule has 1 fully saturated rings. The first-order valence-electron chi connectivity index (χ1n) is 8.47. The molecule has 1 heterocycles. The molecule has 6 heteroatoms. The number of imide groups is 1. The number of amides is 2. The molecule has 0 spiro atoms. The second-order valence-corrected chi connectivity index (χ2v) is 7.41. The monoisotopic (exact) mass is 407 g/mol. The van der Waals surface area contributed by atoms with Gasteiger partial charge in [0.05, 0.1) is 10.6 Å². The van der Waals surface area contributed by atoms with E-state index in [4.69, 9.17) is 16.3 Å². The third kappa shape index (κ3) is 3.96. The zero-order chi connectivity index (χ0) is 19.5. The molecule has 0 unspecified atom stereocenters. The first-order chi connectivity index (χ1) is 13.6. The Morgan fingerprint density at radius 2 is 1.57 bits per heavy atom. The molecule has 0 saturated carbocycles. The Bertz CT molecular complexity index is 1060. The smallest absolute Gasteiger partial charge is 0.298 e. The van der Waals surface area contributed by atoms with E-state index in [9.17, 15) is 9.59 Å². The second kappa shape index (κ2) is 7.92. The highest BCUT2D eigenvalue weighted by molar-refractivity contribution is 8.19. The van der Waals surface area contributed by atoms with Crippen LogP contribution >= 0.6 is 23.4 Å². The molecule has 4 nitrogen and oxygen atoms in total. The van der Waals surface area contributed by atoms with Gasteiger partial charge in [0.1, 0.15) is 11.5 Å². The van der Waals surface area contributed by atoms with Gasteiger partial charge in [-0.25, -0.2) is 4.90 Å². The van der Waals surface area contributed by atoms with Crippen LogP contribution in [0.5, 0.6) is 11.5 Å². The van der Waals surface area contributed by atoms with Crippen molar-refractivity contribution in [1.29, 1.82) is 0 Å². The van der Waals surface area contributed by atoms with Gasteiger partial charge in [-0.2, -0.15) is 0 Å². The molecule has 2 amide bonds. The highest BCUT2D eigenvalue weighted by Crippen LogP contribution is 2.36. The van der Waals surface area contributed by atoms with Gasteiger partial charge >= 0.3 is 0 Å². The fourth-order valence-electron chi connectivity index (χ4n) is 2.72. The van der Waals surface area contributed by atoms with Crippen molar-refractivity contribution in [2.24, 2.45) is 0 Å². The summed E-state index contributed by atoms with van der Waals surface area (Å²) >= 11 is 6.79. The third-order valence-corrected chi connectivity index (χ3v) is 5.13. The maximum Gasteiger partial charge on any atom is 0.298 e. The number of nitrogens with zero attached hydrogens (tertiary/aromatic N) is 1. The summed E-state index contributed by atoms with van der Waals surface area (Å²) in [5.74, 6) is 1.02. The summed E-state index contributed by atoms with van der Waals surface area (Å²) in [6.45, 7) is 0. The molecular formula is C22H14ClNO3S. The van der Waals surface area contributed by atoms with Crippen LogP contribution < -0.4 is 9.64 Å². The lowest BCUT2D eigenvalue weighted by molar-refractivity contribution is -0.113. The lowest BCUT2D eigenvalue weighted by atomic mass is 10.2. The van der Waals surface area contributed by atoms with E-state index in [1.54, 1.807) is 30.3 Å². The Balaban J connectivity index is 1.57. The molecule has 0 aliphatic carbocycles. The Hall–Kier alpha value is -3.02. The van der Waals surface area contributed by atoms with Crippen LogP contribution in [0.25, 0.3) is 6.08 Å². The van der Waals surface area contributed by atoms with E-state index in [0.29, 0.717) is 21.4 Å². The predicted octanol–water partition coefficient (Wildman–Crippen LogP) is 6.37. The van der Waals surface area contributed by atoms with Gasteiger partial charge in [-0.05, 0) is 71.9 Å². The molecule has 0 bridgehead atoms. The summed E-state index contributed by atoms with van der Waals surface area (Å²) in [5, 5.41) is 0.205. The van der Waals surface area contributed by atoms with E-state index in [0.717, 1.165) is 28.0 Å². The molecule has 0 atom stereocenters. The van der Waals surface area contributed by atoms with Gasteiger partial charge in [0.2, 0.25) is 0 Å². The van der Waals surface area contributed by atoms with Crippen LogP contribution in [0.4, 0.5) is 10.5 Å². The summed E-state index contributed by atoms with van der Waals surface area (Å²) in [4.78, 5) is 26.6. The molecular weight excluding hydrogens is 394 g/mol. The highest BCUT2D eigenvalue weighted by atomic mass is 35.5. The predicted molar refractivity (Wildman–Crippen MR) is 113 cm³/mol. The van der Waals surface area contributed by atoms with Crippen LogP contribution in [-0.2, 0) is 4.79 Å². The van der Waals surface area contributed by atoms with E-state index in [-0.39, 0.29) is 11.1 Å². The molecule has 1 aliphatic heterocycles. The lowest BCUT2D eigenvalue weighted by Crippen LogP contribution is -2.27. The third-order valence-electron chi connectivity index (χ3n) is 4.01. The number of ether oxygens (including phenoxy) is 1. The van der Waals surface area contributed by atoms with Crippen molar-refractivity contribution >= 4 is 46.3 Å². The van der Waals surface area contributed by atoms with Crippen LogP contribution in [0, 0.1) is 0 Å². The SMILES string of the molecule is O=C1S/C(=C/c2cccc(Oc3ccccc3)c2)C(=O)N1c1ccc(Cl)cc1. The quantitative estimate of drug-likeness (QED) is 0.471. The molecule has 0 N–H and O–H groups in total. The van der Waals surface area contributed by atoms with Crippen molar-refractivity contribution in [1.82, 2.24) is 0 Å². The van der Waals surface area contributed by atoms with Crippen molar-refractivity contribution in [2.45, 2.75) is 0 Å². The molecule has 4 rings (SSSR count). The standard InChI is InChI=1S/C22H14ClNO3S/c23-16-9-11-17(12-10-16)24-21(25)20(28-22(24)26)14-15-5-4-8-19(13-15)27-18-6-2-1-3-7-18/h1-14H/b20-14+. The number of benzene rings is 3. The number of hydrogen-bond acceptors (Lipinski definition) is 4.